The van der Waals surface area contributed by atoms with Gasteiger partial charge in [-0.1, -0.05) is 29.8 Å². The fourth-order valence-corrected chi connectivity index (χ4v) is 3.74. The summed E-state index contributed by atoms with van der Waals surface area (Å²) in [6, 6.07) is 9.26. The van der Waals surface area contributed by atoms with E-state index in [4.69, 9.17) is 21.1 Å². The molecular formula is C22H21ClFNO5. The first-order chi connectivity index (χ1) is 14.4. The number of likely N-dealkylation sites (tertiary alicyclic amines) is 1. The minimum absolute atomic E-state index is 0.121. The molecule has 0 spiro atoms. The second kappa shape index (κ2) is 9.28. The van der Waals surface area contributed by atoms with Gasteiger partial charge in [-0.05, 0) is 30.7 Å². The number of benzene rings is 2. The Bertz CT molecular complexity index is 1010. The fourth-order valence-electron chi connectivity index (χ4n) is 3.48. The molecule has 1 aliphatic heterocycles. The first-order valence-corrected chi connectivity index (χ1v) is 9.64. The Kier molecular flexibility index (Phi) is 6.74. The highest BCUT2D eigenvalue weighted by molar-refractivity contribution is 6.46. The molecule has 0 aromatic heterocycles. The van der Waals surface area contributed by atoms with E-state index >= 15 is 0 Å². The third kappa shape index (κ3) is 4.04. The summed E-state index contributed by atoms with van der Waals surface area (Å²) in [7, 11) is 2.97. The van der Waals surface area contributed by atoms with Crippen LogP contribution in [0.1, 0.15) is 23.6 Å². The van der Waals surface area contributed by atoms with E-state index in [0.717, 1.165) is 0 Å². The van der Waals surface area contributed by atoms with Crippen LogP contribution in [0.15, 0.2) is 48.0 Å². The van der Waals surface area contributed by atoms with Crippen molar-refractivity contribution in [2.45, 2.75) is 12.5 Å². The Morgan fingerprint density at radius 3 is 2.57 bits per heavy atom. The van der Waals surface area contributed by atoms with Crippen LogP contribution in [0.2, 0.25) is 5.02 Å². The van der Waals surface area contributed by atoms with Crippen molar-refractivity contribution in [3.63, 3.8) is 0 Å². The third-order valence-electron chi connectivity index (χ3n) is 4.91. The summed E-state index contributed by atoms with van der Waals surface area (Å²) < 4.78 is 24.8. The molecule has 1 N–H and O–H groups in total. The van der Waals surface area contributed by atoms with Crippen LogP contribution in [0, 0.1) is 5.82 Å². The van der Waals surface area contributed by atoms with Crippen molar-refractivity contribution in [2.75, 3.05) is 27.4 Å². The number of Topliss-reactive ketones (excluding diaryl/α,β-unsaturated/α-hetero) is 1. The number of ether oxygens (including phenoxy) is 2. The summed E-state index contributed by atoms with van der Waals surface area (Å²) in [6.07, 6.45) is 0.447. The first-order valence-electron chi connectivity index (χ1n) is 9.26. The summed E-state index contributed by atoms with van der Waals surface area (Å²) in [4.78, 5) is 26.8. The van der Waals surface area contributed by atoms with Gasteiger partial charge < -0.3 is 19.5 Å². The van der Waals surface area contributed by atoms with Crippen molar-refractivity contribution in [1.82, 2.24) is 4.90 Å². The van der Waals surface area contributed by atoms with Crippen molar-refractivity contribution in [3.05, 3.63) is 70.0 Å². The van der Waals surface area contributed by atoms with E-state index < -0.39 is 29.3 Å². The van der Waals surface area contributed by atoms with Crippen molar-refractivity contribution in [2.24, 2.45) is 0 Å². The summed E-state index contributed by atoms with van der Waals surface area (Å²) >= 11 is 6.14. The lowest BCUT2D eigenvalue weighted by molar-refractivity contribution is -0.140. The summed E-state index contributed by atoms with van der Waals surface area (Å²) in [5, 5.41) is 11.2. The monoisotopic (exact) mass is 433 g/mol. The van der Waals surface area contributed by atoms with Crippen LogP contribution in [0.3, 0.4) is 0 Å². The number of aliphatic hydroxyl groups excluding tert-OH is 1. The molecular weight excluding hydrogens is 413 g/mol. The van der Waals surface area contributed by atoms with Gasteiger partial charge in [0.15, 0.2) is 0 Å². The Labute approximate surface area is 178 Å². The summed E-state index contributed by atoms with van der Waals surface area (Å²) in [5.74, 6) is -2.32. The molecule has 6 nitrogen and oxygen atoms in total. The van der Waals surface area contributed by atoms with Gasteiger partial charge in [0.25, 0.3) is 11.7 Å². The van der Waals surface area contributed by atoms with E-state index in [1.807, 2.05) is 0 Å². The molecule has 1 atom stereocenters. The number of ketones is 1. The molecule has 158 valence electrons. The van der Waals surface area contributed by atoms with Crippen LogP contribution in [0.4, 0.5) is 4.39 Å². The van der Waals surface area contributed by atoms with Crippen molar-refractivity contribution >= 4 is 29.1 Å². The average molecular weight is 434 g/mol. The molecule has 3 rings (SSSR count). The maximum Gasteiger partial charge on any atom is 0.295 e. The normalized spacial score (nSPS) is 18.1. The largest absolute Gasteiger partial charge is 0.507 e. The van der Waals surface area contributed by atoms with Crippen molar-refractivity contribution in [1.29, 1.82) is 0 Å². The molecule has 1 aliphatic rings. The van der Waals surface area contributed by atoms with Crippen LogP contribution in [-0.2, 0) is 14.3 Å². The van der Waals surface area contributed by atoms with Crippen LogP contribution in [0.5, 0.6) is 5.75 Å². The molecule has 8 heteroatoms. The molecule has 0 aliphatic carbocycles. The zero-order valence-electron chi connectivity index (χ0n) is 16.5. The number of aliphatic hydroxyl groups is 1. The third-order valence-corrected chi connectivity index (χ3v) is 5.21. The second-order valence-corrected chi connectivity index (χ2v) is 7.12. The molecule has 1 fully saturated rings. The predicted octanol–water partition coefficient (Wildman–Crippen LogP) is 3.95. The minimum atomic E-state index is -1.07. The van der Waals surface area contributed by atoms with Crippen molar-refractivity contribution in [3.8, 4) is 5.75 Å². The highest BCUT2D eigenvalue weighted by atomic mass is 35.5. The van der Waals surface area contributed by atoms with E-state index in [-0.39, 0.29) is 28.3 Å². The van der Waals surface area contributed by atoms with Crippen molar-refractivity contribution < 1.29 is 28.6 Å². The number of hydrogen-bond donors (Lipinski definition) is 1. The van der Waals surface area contributed by atoms with Gasteiger partial charge in [0.05, 0.1) is 23.7 Å². The van der Waals surface area contributed by atoms with Crippen LogP contribution < -0.4 is 4.74 Å². The Morgan fingerprint density at radius 1 is 1.20 bits per heavy atom. The molecule has 0 bridgehead atoms. The minimum Gasteiger partial charge on any atom is -0.507 e. The van der Waals surface area contributed by atoms with Gasteiger partial charge in [-0.15, -0.1) is 0 Å². The summed E-state index contributed by atoms with van der Waals surface area (Å²) in [5.41, 5.74) is 0.149. The molecule has 1 saturated heterocycles. The Morgan fingerprint density at radius 2 is 1.93 bits per heavy atom. The van der Waals surface area contributed by atoms with Crippen LogP contribution >= 0.6 is 11.6 Å². The molecule has 1 unspecified atom stereocenters. The molecule has 1 heterocycles. The lowest BCUT2D eigenvalue weighted by Gasteiger charge is -2.25. The highest BCUT2D eigenvalue weighted by Crippen LogP contribution is 2.41. The predicted molar refractivity (Wildman–Crippen MR) is 110 cm³/mol. The van der Waals surface area contributed by atoms with Gasteiger partial charge in [0.2, 0.25) is 0 Å². The quantitative estimate of drug-likeness (QED) is 0.310. The van der Waals surface area contributed by atoms with Gasteiger partial charge in [-0.2, -0.15) is 0 Å². The number of nitrogens with zero attached hydrogens (tertiary/aromatic N) is 1. The SMILES string of the molecule is COCCCN1C(=O)C(=O)/C(=C(/O)c2ccc(OC)c(Cl)c2)C1c1ccccc1F. The van der Waals surface area contributed by atoms with Gasteiger partial charge in [-0.3, -0.25) is 9.59 Å². The number of amides is 1. The number of carbonyl (C=O) groups is 2. The number of hydrogen-bond acceptors (Lipinski definition) is 5. The fraction of sp³-hybridized carbons (Fsp3) is 0.273. The number of methoxy groups -OCH3 is 2. The maximum absolute atomic E-state index is 14.6. The Hall–Kier alpha value is -2.90. The average Bonchev–Trinajstić information content (AvgIpc) is 2.98. The first kappa shape index (κ1) is 21.8. The number of carbonyl (C=O) groups excluding carboxylic acids is 2. The number of rotatable bonds is 7. The summed E-state index contributed by atoms with van der Waals surface area (Å²) in [6.45, 7) is 0.526. The highest BCUT2D eigenvalue weighted by Gasteiger charge is 2.46. The van der Waals surface area contributed by atoms with Gasteiger partial charge in [-0.25, -0.2) is 4.39 Å². The lowest BCUT2D eigenvalue weighted by atomic mass is 9.95. The van der Waals surface area contributed by atoms with Gasteiger partial charge in [0, 0.05) is 31.4 Å². The smallest absolute Gasteiger partial charge is 0.295 e. The molecule has 1 amide bonds. The molecule has 2 aromatic rings. The van der Waals surface area contributed by atoms with E-state index in [2.05, 4.69) is 0 Å². The van der Waals surface area contributed by atoms with Crippen LogP contribution in [-0.4, -0.2) is 49.1 Å². The second-order valence-electron chi connectivity index (χ2n) is 6.71. The topological polar surface area (TPSA) is 76.1 Å². The van der Waals surface area contributed by atoms with E-state index in [1.54, 1.807) is 6.07 Å². The van der Waals surface area contributed by atoms with Gasteiger partial charge in [0.1, 0.15) is 17.3 Å². The van der Waals surface area contributed by atoms with E-state index in [9.17, 15) is 19.1 Å². The molecule has 0 saturated carbocycles. The molecule has 2 aromatic carbocycles. The van der Waals surface area contributed by atoms with Gasteiger partial charge >= 0.3 is 0 Å². The van der Waals surface area contributed by atoms with Crippen LogP contribution in [0.25, 0.3) is 5.76 Å². The molecule has 0 radical (unpaired) electrons. The van der Waals surface area contributed by atoms with E-state index in [0.29, 0.717) is 18.8 Å². The Balaban J connectivity index is 2.15. The lowest BCUT2D eigenvalue weighted by Crippen LogP contribution is -2.31. The standard InChI is InChI=1S/C22H21ClFNO5/c1-29-11-5-10-25-19(14-6-3-4-7-16(14)24)18(21(27)22(25)28)20(26)13-8-9-17(30-2)15(23)12-13/h3-4,6-9,12,19,26H,5,10-11H2,1-2H3/b20-18+. The van der Waals surface area contributed by atoms with E-state index in [1.165, 1.54) is 55.5 Å². The molecule has 30 heavy (non-hydrogen) atoms. The maximum atomic E-state index is 14.6. The number of halogens is 2. The zero-order valence-corrected chi connectivity index (χ0v) is 17.3. The zero-order chi connectivity index (χ0) is 21.8.